The number of hydrogen-bond acceptors (Lipinski definition) is 5. The molecule has 114 valence electrons. The summed E-state index contributed by atoms with van der Waals surface area (Å²) < 4.78 is 10.6. The number of aryl methyl sites for hydroxylation is 2. The zero-order valence-corrected chi connectivity index (χ0v) is 12.9. The van der Waals surface area contributed by atoms with Crippen molar-refractivity contribution >= 4 is 11.8 Å². The highest BCUT2D eigenvalue weighted by molar-refractivity contribution is 5.87. The van der Waals surface area contributed by atoms with Gasteiger partial charge in [-0.3, -0.25) is 10.00 Å². The number of ether oxygens (including phenoxy) is 1. The molecular weight excluding hydrogens is 272 g/mol. The van der Waals surface area contributed by atoms with Crippen LogP contribution in [-0.4, -0.2) is 27.0 Å². The van der Waals surface area contributed by atoms with Crippen molar-refractivity contribution < 1.29 is 14.1 Å². The Kier molecular flexibility index (Phi) is 4.02. The number of carbonyl (C=O) groups excluding carboxylic acids is 1. The average Bonchev–Trinajstić information content (AvgIpc) is 2.96. The fourth-order valence-corrected chi connectivity index (χ4v) is 1.86. The standard InChI is InChI=1S/C14H20N4O3/c1-9-12(10(2)21-17-9)8-18(11-6-15-16-7-11)13(19)20-14(3,4)5/h6-7H,8H2,1-5H3,(H,15,16). The van der Waals surface area contributed by atoms with E-state index in [1.54, 1.807) is 12.4 Å². The second kappa shape index (κ2) is 5.59. The van der Waals surface area contributed by atoms with E-state index in [0.29, 0.717) is 18.0 Å². The van der Waals surface area contributed by atoms with Crippen LogP contribution in [0, 0.1) is 13.8 Å². The van der Waals surface area contributed by atoms with Crippen LogP contribution in [0.1, 0.15) is 37.8 Å². The van der Waals surface area contributed by atoms with Gasteiger partial charge in [0, 0.05) is 11.8 Å². The van der Waals surface area contributed by atoms with Gasteiger partial charge in [0.1, 0.15) is 11.4 Å². The Balaban J connectivity index is 2.28. The Hall–Kier alpha value is -2.31. The minimum Gasteiger partial charge on any atom is -0.443 e. The molecule has 1 amide bonds. The summed E-state index contributed by atoms with van der Waals surface area (Å²) >= 11 is 0. The summed E-state index contributed by atoms with van der Waals surface area (Å²) in [6.45, 7) is 9.46. The molecule has 2 rings (SSSR count). The van der Waals surface area contributed by atoms with Crippen molar-refractivity contribution in [1.82, 2.24) is 15.4 Å². The van der Waals surface area contributed by atoms with E-state index in [1.807, 2.05) is 34.6 Å². The molecule has 0 radical (unpaired) electrons. The number of rotatable bonds is 3. The van der Waals surface area contributed by atoms with Crippen LogP contribution < -0.4 is 4.90 Å². The van der Waals surface area contributed by atoms with Gasteiger partial charge in [0.2, 0.25) is 0 Å². The number of nitrogens with one attached hydrogen (secondary N) is 1. The molecule has 2 heterocycles. The largest absolute Gasteiger partial charge is 0.443 e. The lowest BCUT2D eigenvalue weighted by molar-refractivity contribution is 0.0577. The van der Waals surface area contributed by atoms with Gasteiger partial charge in [-0.15, -0.1) is 0 Å². The predicted octanol–water partition coefficient (Wildman–Crippen LogP) is 2.96. The molecule has 2 aromatic heterocycles. The van der Waals surface area contributed by atoms with Gasteiger partial charge < -0.3 is 9.26 Å². The van der Waals surface area contributed by atoms with Gasteiger partial charge in [-0.2, -0.15) is 5.10 Å². The molecule has 21 heavy (non-hydrogen) atoms. The lowest BCUT2D eigenvalue weighted by Crippen LogP contribution is -2.36. The number of hydrogen-bond donors (Lipinski definition) is 1. The van der Waals surface area contributed by atoms with Crippen LogP contribution in [0.3, 0.4) is 0 Å². The van der Waals surface area contributed by atoms with Gasteiger partial charge in [-0.25, -0.2) is 4.79 Å². The highest BCUT2D eigenvalue weighted by Crippen LogP contribution is 2.22. The van der Waals surface area contributed by atoms with Crippen LogP contribution in [0.2, 0.25) is 0 Å². The molecule has 0 aromatic carbocycles. The van der Waals surface area contributed by atoms with Crippen molar-refractivity contribution in [2.24, 2.45) is 0 Å². The molecule has 0 aliphatic rings. The first kappa shape index (κ1) is 15.1. The zero-order valence-electron chi connectivity index (χ0n) is 12.9. The number of amides is 1. The maximum absolute atomic E-state index is 12.4. The minimum atomic E-state index is -0.572. The fourth-order valence-electron chi connectivity index (χ4n) is 1.86. The molecule has 0 atom stereocenters. The molecule has 0 aliphatic heterocycles. The predicted molar refractivity (Wildman–Crippen MR) is 77.0 cm³/mol. The van der Waals surface area contributed by atoms with Crippen LogP contribution in [0.5, 0.6) is 0 Å². The Bertz CT molecular complexity index is 591. The fraction of sp³-hybridized carbons (Fsp3) is 0.500. The van der Waals surface area contributed by atoms with Gasteiger partial charge in [0.25, 0.3) is 0 Å². The highest BCUT2D eigenvalue weighted by Gasteiger charge is 2.26. The van der Waals surface area contributed by atoms with Crippen LogP contribution >= 0.6 is 0 Å². The molecule has 7 heteroatoms. The number of carbonyl (C=O) groups is 1. The van der Waals surface area contributed by atoms with Crippen LogP contribution in [0.15, 0.2) is 16.9 Å². The first-order valence-electron chi connectivity index (χ1n) is 6.69. The Morgan fingerprint density at radius 2 is 2.14 bits per heavy atom. The Morgan fingerprint density at radius 1 is 1.43 bits per heavy atom. The van der Waals surface area contributed by atoms with Crippen molar-refractivity contribution in [3.63, 3.8) is 0 Å². The molecule has 0 spiro atoms. The van der Waals surface area contributed by atoms with E-state index >= 15 is 0 Å². The molecule has 0 saturated heterocycles. The highest BCUT2D eigenvalue weighted by atomic mass is 16.6. The average molecular weight is 292 g/mol. The third-order valence-electron chi connectivity index (χ3n) is 2.91. The van der Waals surface area contributed by atoms with Gasteiger partial charge in [-0.05, 0) is 34.6 Å². The van der Waals surface area contributed by atoms with E-state index in [1.165, 1.54) is 4.90 Å². The first-order valence-corrected chi connectivity index (χ1v) is 6.69. The van der Waals surface area contributed by atoms with Crippen molar-refractivity contribution in [3.8, 4) is 0 Å². The molecule has 0 unspecified atom stereocenters. The number of H-pyrrole nitrogens is 1. The molecule has 0 saturated carbocycles. The first-order chi connectivity index (χ1) is 9.78. The van der Waals surface area contributed by atoms with Crippen LogP contribution in [0.25, 0.3) is 0 Å². The Labute approximate surface area is 123 Å². The third-order valence-corrected chi connectivity index (χ3v) is 2.91. The lowest BCUT2D eigenvalue weighted by Gasteiger charge is -2.26. The van der Waals surface area contributed by atoms with Crippen LogP contribution in [0.4, 0.5) is 10.5 Å². The summed E-state index contributed by atoms with van der Waals surface area (Å²) in [7, 11) is 0. The molecule has 1 N–H and O–H groups in total. The van der Waals surface area contributed by atoms with E-state index in [4.69, 9.17) is 9.26 Å². The second-order valence-electron chi connectivity index (χ2n) is 5.83. The van der Waals surface area contributed by atoms with Crippen molar-refractivity contribution in [2.45, 2.75) is 46.8 Å². The molecule has 0 fully saturated rings. The SMILES string of the molecule is Cc1noc(C)c1CN(C(=O)OC(C)(C)C)c1cn[nH]c1. The van der Waals surface area contributed by atoms with Gasteiger partial charge in [0.15, 0.2) is 0 Å². The van der Waals surface area contributed by atoms with Crippen molar-refractivity contribution in [2.75, 3.05) is 4.90 Å². The molecule has 0 aliphatic carbocycles. The van der Waals surface area contributed by atoms with E-state index < -0.39 is 11.7 Å². The normalized spacial score (nSPS) is 11.5. The third kappa shape index (κ3) is 3.62. The maximum atomic E-state index is 12.4. The zero-order chi connectivity index (χ0) is 15.6. The summed E-state index contributed by atoms with van der Waals surface area (Å²) in [5, 5.41) is 10.5. The van der Waals surface area contributed by atoms with Gasteiger partial charge >= 0.3 is 6.09 Å². The van der Waals surface area contributed by atoms with E-state index in [0.717, 1.165) is 11.3 Å². The number of nitrogens with zero attached hydrogens (tertiary/aromatic N) is 3. The Morgan fingerprint density at radius 3 is 2.62 bits per heavy atom. The van der Waals surface area contributed by atoms with E-state index in [-0.39, 0.29) is 0 Å². The van der Waals surface area contributed by atoms with E-state index in [9.17, 15) is 4.79 Å². The topological polar surface area (TPSA) is 84.2 Å². The summed E-state index contributed by atoms with van der Waals surface area (Å²) in [6.07, 6.45) is 2.77. The summed E-state index contributed by atoms with van der Waals surface area (Å²) in [5.74, 6) is 0.685. The minimum absolute atomic E-state index is 0.315. The van der Waals surface area contributed by atoms with Gasteiger partial charge in [-0.1, -0.05) is 5.16 Å². The van der Waals surface area contributed by atoms with Gasteiger partial charge in [0.05, 0.1) is 24.1 Å². The maximum Gasteiger partial charge on any atom is 0.415 e. The van der Waals surface area contributed by atoms with E-state index in [2.05, 4.69) is 15.4 Å². The molecule has 0 bridgehead atoms. The monoisotopic (exact) mass is 292 g/mol. The lowest BCUT2D eigenvalue weighted by atomic mass is 10.2. The number of aromatic nitrogens is 3. The summed E-state index contributed by atoms with van der Waals surface area (Å²) in [6, 6.07) is 0. The van der Waals surface area contributed by atoms with Crippen LogP contribution in [-0.2, 0) is 11.3 Å². The molecular formula is C14H20N4O3. The molecule has 2 aromatic rings. The van der Waals surface area contributed by atoms with Crippen molar-refractivity contribution in [1.29, 1.82) is 0 Å². The summed E-state index contributed by atoms with van der Waals surface area (Å²) in [5.41, 5.74) is 1.67. The number of aromatic amines is 1. The summed E-state index contributed by atoms with van der Waals surface area (Å²) in [4.78, 5) is 13.9. The quantitative estimate of drug-likeness (QED) is 0.940. The van der Waals surface area contributed by atoms with Crippen molar-refractivity contribution in [3.05, 3.63) is 29.4 Å². The second-order valence-corrected chi connectivity index (χ2v) is 5.83. The smallest absolute Gasteiger partial charge is 0.415 e. The molecule has 7 nitrogen and oxygen atoms in total. The number of anilines is 1.